The van der Waals surface area contributed by atoms with Crippen LogP contribution in [0.1, 0.15) is 11.5 Å². The lowest BCUT2D eigenvalue weighted by molar-refractivity contribution is 0.319. The van der Waals surface area contributed by atoms with Crippen LogP contribution in [0.15, 0.2) is 27.6 Å². The van der Waals surface area contributed by atoms with Gasteiger partial charge in [0.05, 0.1) is 0 Å². The summed E-state index contributed by atoms with van der Waals surface area (Å²) in [6.45, 7) is 2.91. The van der Waals surface area contributed by atoms with E-state index < -0.39 is 21.7 Å². The Labute approximate surface area is 126 Å². The molecule has 1 aromatic carbocycles. The molecule has 0 bridgehead atoms. The van der Waals surface area contributed by atoms with Crippen LogP contribution in [0.25, 0.3) is 0 Å². The van der Waals surface area contributed by atoms with Crippen molar-refractivity contribution in [1.29, 1.82) is 0 Å². The van der Waals surface area contributed by atoms with Gasteiger partial charge >= 0.3 is 0 Å². The van der Waals surface area contributed by atoms with Crippen LogP contribution in [-0.4, -0.2) is 26.7 Å². The van der Waals surface area contributed by atoms with Crippen LogP contribution < -0.4 is 9.46 Å². The molecule has 0 aliphatic carbocycles. The van der Waals surface area contributed by atoms with Gasteiger partial charge in [0.1, 0.15) is 22.9 Å². The van der Waals surface area contributed by atoms with E-state index in [1.807, 2.05) is 0 Å². The molecule has 0 atom stereocenters. The molecule has 0 radical (unpaired) electrons. The summed E-state index contributed by atoms with van der Waals surface area (Å²) in [5.41, 5.74) is 0.256. The maximum atomic E-state index is 13.0. The maximum absolute atomic E-state index is 13.0. The SMILES string of the molecule is Cc1noc(C)c1S(=O)(=O)NCCOc1ccc(F)c(F)c1. The van der Waals surface area contributed by atoms with E-state index in [9.17, 15) is 17.2 Å². The van der Waals surface area contributed by atoms with Gasteiger partial charge in [-0.3, -0.25) is 0 Å². The number of rotatable bonds is 6. The number of benzene rings is 1. The predicted octanol–water partition coefficient (Wildman–Crippen LogP) is 1.93. The molecule has 1 aromatic heterocycles. The van der Waals surface area contributed by atoms with Crippen molar-refractivity contribution in [3.63, 3.8) is 0 Å². The Morgan fingerprint density at radius 3 is 2.59 bits per heavy atom. The van der Waals surface area contributed by atoms with Crippen molar-refractivity contribution in [2.45, 2.75) is 18.7 Å². The minimum atomic E-state index is -3.77. The first kappa shape index (κ1) is 16.4. The fraction of sp³-hybridized carbons (Fsp3) is 0.308. The van der Waals surface area contributed by atoms with E-state index in [0.29, 0.717) is 0 Å². The molecule has 0 unspecified atom stereocenters. The quantitative estimate of drug-likeness (QED) is 0.818. The van der Waals surface area contributed by atoms with Gasteiger partial charge in [-0.15, -0.1) is 0 Å². The van der Waals surface area contributed by atoms with Gasteiger partial charge in [0.25, 0.3) is 0 Å². The van der Waals surface area contributed by atoms with Crippen molar-refractivity contribution in [1.82, 2.24) is 9.88 Å². The van der Waals surface area contributed by atoms with Crippen LogP contribution in [-0.2, 0) is 10.0 Å². The van der Waals surface area contributed by atoms with Gasteiger partial charge in [0.2, 0.25) is 10.0 Å². The van der Waals surface area contributed by atoms with Crippen molar-refractivity contribution in [2.24, 2.45) is 0 Å². The van der Waals surface area contributed by atoms with Crippen LogP contribution in [0.3, 0.4) is 0 Å². The van der Waals surface area contributed by atoms with Crippen LogP contribution >= 0.6 is 0 Å². The van der Waals surface area contributed by atoms with Crippen LogP contribution in [0.2, 0.25) is 0 Å². The molecule has 1 heterocycles. The molecule has 2 rings (SSSR count). The number of hydrogen-bond acceptors (Lipinski definition) is 5. The lowest BCUT2D eigenvalue weighted by Gasteiger charge is -2.08. The largest absolute Gasteiger partial charge is 0.492 e. The van der Waals surface area contributed by atoms with Crippen molar-refractivity contribution >= 4 is 10.0 Å². The molecule has 9 heteroatoms. The average Bonchev–Trinajstić information content (AvgIpc) is 2.79. The highest BCUT2D eigenvalue weighted by molar-refractivity contribution is 7.89. The second kappa shape index (κ2) is 6.41. The third-order valence-corrected chi connectivity index (χ3v) is 4.50. The molecule has 1 N–H and O–H groups in total. The second-order valence-corrected chi connectivity index (χ2v) is 6.18. The monoisotopic (exact) mass is 332 g/mol. The Kier molecular flexibility index (Phi) is 4.77. The molecule has 0 fully saturated rings. The maximum Gasteiger partial charge on any atom is 0.246 e. The fourth-order valence-electron chi connectivity index (χ4n) is 1.84. The number of nitrogens with one attached hydrogen (secondary N) is 1. The van der Waals surface area contributed by atoms with E-state index in [-0.39, 0.29) is 35.3 Å². The Morgan fingerprint density at radius 2 is 2.00 bits per heavy atom. The number of aryl methyl sites for hydroxylation is 2. The summed E-state index contributed by atoms with van der Waals surface area (Å²) in [5.74, 6) is -1.72. The molecular formula is C13H14F2N2O4S. The van der Waals surface area contributed by atoms with E-state index in [4.69, 9.17) is 9.26 Å². The van der Waals surface area contributed by atoms with E-state index in [0.717, 1.165) is 12.1 Å². The van der Waals surface area contributed by atoms with Crippen LogP contribution in [0.5, 0.6) is 5.75 Å². The third kappa shape index (κ3) is 3.60. The summed E-state index contributed by atoms with van der Waals surface area (Å²) in [6, 6.07) is 3.07. The van der Waals surface area contributed by atoms with Gasteiger partial charge in [0.15, 0.2) is 17.4 Å². The average molecular weight is 332 g/mol. The van der Waals surface area contributed by atoms with E-state index in [1.165, 1.54) is 19.9 Å². The van der Waals surface area contributed by atoms with Crippen molar-refractivity contribution < 1.29 is 26.5 Å². The number of aromatic nitrogens is 1. The number of hydrogen-bond donors (Lipinski definition) is 1. The predicted molar refractivity (Wildman–Crippen MR) is 73.0 cm³/mol. The summed E-state index contributed by atoms with van der Waals surface area (Å²) in [4.78, 5) is -0.0136. The highest BCUT2D eigenvalue weighted by atomic mass is 32.2. The Morgan fingerprint density at radius 1 is 1.27 bits per heavy atom. The molecule has 0 amide bonds. The molecule has 0 aliphatic rings. The van der Waals surface area contributed by atoms with E-state index >= 15 is 0 Å². The highest BCUT2D eigenvalue weighted by Crippen LogP contribution is 2.18. The van der Waals surface area contributed by atoms with Crippen molar-refractivity contribution in [3.05, 3.63) is 41.3 Å². The zero-order chi connectivity index (χ0) is 16.3. The Hall–Kier alpha value is -2.00. The molecule has 0 saturated heterocycles. The molecule has 2 aromatic rings. The third-order valence-electron chi connectivity index (χ3n) is 2.79. The summed E-state index contributed by atoms with van der Waals surface area (Å²) in [7, 11) is -3.77. The van der Waals surface area contributed by atoms with Gasteiger partial charge in [0, 0.05) is 12.6 Å². The lowest BCUT2D eigenvalue weighted by Crippen LogP contribution is -2.29. The van der Waals surface area contributed by atoms with Gasteiger partial charge in [-0.25, -0.2) is 21.9 Å². The summed E-state index contributed by atoms with van der Waals surface area (Å²) >= 11 is 0. The van der Waals surface area contributed by atoms with Gasteiger partial charge in [-0.2, -0.15) is 0 Å². The van der Waals surface area contributed by atoms with Gasteiger partial charge in [-0.05, 0) is 26.0 Å². The molecule has 0 aliphatic heterocycles. The number of sulfonamides is 1. The van der Waals surface area contributed by atoms with Crippen molar-refractivity contribution in [2.75, 3.05) is 13.2 Å². The zero-order valence-electron chi connectivity index (χ0n) is 11.9. The van der Waals surface area contributed by atoms with Crippen LogP contribution in [0, 0.1) is 25.5 Å². The molecule has 22 heavy (non-hydrogen) atoms. The molecular weight excluding hydrogens is 318 g/mol. The second-order valence-electron chi connectivity index (χ2n) is 4.48. The molecule has 0 saturated carbocycles. The molecule has 120 valence electrons. The normalized spacial score (nSPS) is 11.6. The smallest absolute Gasteiger partial charge is 0.246 e. The standard InChI is InChI=1S/C13H14F2N2O4S/c1-8-13(9(2)21-17-8)22(18,19)16-5-6-20-10-3-4-11(14)12(15)7-10/h3-4,7,16H,5-6H2,1-2H3. The van der Waals surface area contributed by atoms with E-state index in [2.05, 4.69) is 9.88 Å². The minimum absolute atomic E-state index is 0.0136. The summed E-state index contributed by atoms with van der Waals surface area (Å²) in [5, 5.41) is 3.57. The molecule has 6 nitrogen and oxygen atoms in total. The van der Waals surface area contributed by atoms with Crippen LogP contribution in [0.4, 0.5) is 8.78 Å². The Bertz CT molecular complexity index is 755. The summed E-state index contributed by atoms with van der Waals surface area (Å²) in [6.07, 6.45) is 0. The van der Waals surface area contributed by atoms with E-state index in [1.54, 1.807) is 0 Å². The first-order chi connectivity index (χ1) is 10.3. The van der Waals surface area contributed by atoms with Gasteiger partial charge < -0.3 is 9.26 Å². The topological polar surface area (TPSA) is 81.4 Å². The fourth-order valence-corrected chi connectivity index (χ4v) is 3.18. The highest BCUT2D eigenvalue weighted by Gasteiger charge is 2.23. The number of halogens is 2. The summed E-state index contributed by atoms with van der Waals surface area (Å²) < 4.78 is 62.1. The molecule has 0 spiro atoms. The Balaban J connectivity index is 1.92. The first-order valence-electron chi connectivity index (χ1n) is 6.31. The lowest BCUT2D eigenvalue weighted by atomic mass is 10.3. The van der Waals surface area contributed by atoms with Crippen molar-refractivity contribution in [3.8, 4) is 5.75 Å². The zero-order valence-corrected chi connectivity index (χ0v) is 12.7. The minimum Gasteiger partial charge on any atom is -0.492 e. The number of ether oxygens (including phenoxy) is 1. The first-order valence-corrected chi connectivity index (χ1v) is 7.80. The van der Waals surface area contributed by atoms with Gasteiger partial charge in [-0.1, -0.05) is 5.16 Å². The number of nitrogens with zero attached hydrogens (tertiary/aromatic N) is 1.